The summed E-state index contributed by atoms with van der Waals surface area (Å²) in [4.78, 5) is 15.3. The molecule has 0 bridgehead atoms. The molecule has 0 spiro atoms. The number of benzene rings is 2. The molecule has 2 aromatic rings. The number of aliphatic hydroxyl groups is 1. The van der Waals surface area contributed by atoms with E-state index in [0.29, 0.717) is 12.0 Å². The number of amides is 1. The van der Waals surface area contributed by atoms with Crippen LogP contribution in [0.3, 0.4) is 0 Å². The number of anilines is 1. The summed E-state index contributed by atoms with van der Waals surface area (Å²) in [5.74, 6) is -0.0949. The van der Waals surface area contributed by atoms with Crippen LogP contribution in [0.25, 0.3) is 0 Å². The van der Waals surface area contributed by atoms with Gasteiger partial charge in [-0.1, -0.05) is 35.9 Å². The molecule has 2 aromatic carbocycles. The second-order valence-electron chi connectivity index (χ2n) is 7.14. The summed E-state index contributed by atoms with van der Waals surface area (Å²) in [5, 5.41) is 13.6. The predicted molar refractivity (Wildman–Crippen MR) is 99.0 cm³/mol. The van der Waals surface area contributed by atoms with Gasteiger partial charge in [-0.25, -0.2) is 0 Å². The van der Waals surface area contributed by atoms with E-state index >= 15 is 0 Å². The molecule has 0 aromatic heterocycles. The van der Waals surface area contributed by atoms with Gasteiger partial charge in [-0.15, -0.1) is 0 Å². The van der Waals surface area contributed by atoms with Crippen LogP contribution < -0.4 is 10.2 Å². The van der Waals surface area contributed by atoms with Crippen molar-refractivity contribution in [2.24, 2.45) is 0 Å². The van der Waals surface area contributed by atoms with Crippen molar-refractivity contribution in [1.29, 1.82) is 0 Å². The van der Waals surface area contributed by atoms with E-state index in [9.17, 15) is 9.90 Å². The molecule has 1 saturated heterocycles. The first-order chi connectivity index (χ1) is 12.1. The number of nitrogens with zero attached hydrogens (tertiary/aromatic N) is 1. The van der Waals surface area contributed by atoms with Gasteiger partial charge < -0.3 is 15.3 Å². The van der Waals surface area contributed by atoms with Gasteiger partial charge in [0.2, 0.25) is 0 Å². The molecule has 0 radical (unpaired) electrons. The Morgan fingerprint density at radius 2 is 1.92 bits per heavy atom. The first-order valence-corrected chi connectivity index (χ1v) is 9.06. The third kappa shape index (κ3) is 3.02. The number of hydrogen-bond acceptors (Lipinski definition) is 3. The van der Waals surface area contributed by atoms with Crippen LogP contribution in [0.4, 0.5) is 5.69 Å². The molecule has 1 fully saturated rings. The molecular formula is C21H24N2O2. The molecule has 1 aliphatic heterocycles. The molecule has 2 atom stereocenters. The molecule has 4 rings (SSSR count). The fourth-order valence-electron chi connectivity index (χ4n) is 4.02. The van der Waals surface area contributed by atoms with Crippen molar-refractivity contribution in [2.75, 3.05) is 18.0 Å². The van der Waals surface area contributed by atoms with E-state index in [1.54, 1.807) is 0 Å². The lowest BCUT2D eigenvalue weighted by Gasteiger charge is -2.23. The molecule has 4 nitrogen and oxygen atoms in total. The van der Waals surface area contributed by atoms with Gasteiger partial charge in [-0.05, 0) is 49.4 Å². The van der Waals surface area contributed by atoms with E-state index in [2.05, 4.69) is 22.3 Å². The number of hydrogen-bond donors (Lipinski definition) is 2. The van der Waals surface area contributed by atoms with E-state index in [1.807, 2.05) is 37.3 Å². The van der Waals surface area contributed by atoms with Crippen molar-refractivity contribution in [3.05, 3.63) is 64.7 Å². The largest absolute Gasteiger partial charge is 0.386 e. The maximum absolute atomic E-state index is 13.0. The number of fused-ring (bicyclic) bond motifs is 1. The monoisotopic (exact) mass is 336 g/mol. The molecule has 0 unspecified atom stereocenters. The van der Waals surface area contributed by atoms with E-state index < -0.39 is 6.10 Å². The summed E-state index contributed by atoms with van der Waals surface area (Å²) in [6, 6.07) is 13.7. The van der Waals surface area contributed by atoms with Gasteiger partial charge in [0.15, 0.2) is 0 Å². The van der Waals surface area contributed by atoms with Gasteiger partial charge in [0.1, 0.15) is 0 Å². The standard InChI is InChI=1S/C21H24N2O2/c1-14-8-9-19(23-10-4-5-11-23)17(12-14)21(25)22-18-13-15-6-2-3-7-16(15)20(18)24/h2-3,6-9,12,18,20,24H,4-5,10-11,13H2,1H3,(H,22,25)/t18-,20-/m1/s1. The highest BCUT2D eigenvalue weighted by atomic mass is 16.3. The van der Waals surface area contributed by atoms with Gasteiger partial charge in [-0.3, -0.25) is 4.79 Å². The number of aryl methyl sites for hydroxylation is 1. The van der Waals surface area contributed by atoms with Gasteiger partial charge in [0.05, 0.1) is 17.7 Å². The quantitative estimate of drug-likeness (QED) is 0.906. The molecule has 1 aliphatic carbocycles. The van der Waals surface area contributed by atoms with Crippen LogP contribution in [-0.2, 0) is 6.42 Å². The summed E-state index contributed by atoms with van der Waals surface area (Å²) >= 11 is 0. The third-order valence-corrected chi connectivity index (χ3v) is 5.35. The SMILES string of the molecule is Cc1ccc(N2CCCC2)c(C(=O)N[C@@H]2Cc3ccccc3[C@H]2O)c1. The Balaban J connectivity index is 1.57. The van der Waals surface area contributed by atoms with Crippen LogP contribution in [-0.4, -0.2) is 30.1 Å². The summed E-state index contributed by atoms with van der Waals surface area (Å²) in [5.41, 5.74) is 4.83. The van der Waals surface area contributed by atoms with Crippen molar-refractivity contribution in [3.63, 3.8) is 0 Å². The highest BCUT2D eigenvalue weighted by molar-refractivity contribution is 6.00. The molecule has 2 aliphatic rings. The number of rotatable bonds is 3. The maximum atomic E-state index is 13.0. The normalized spacial score (nSPS) is 22.1. The maximum Gasteiger partial charge on any atom is 0.253 e. The minimum Gasteiger partial charge on any atom is -0.386 e. The molecule has 2 N–H and O–H groups in total. The lowest BCUT2D eigenvalue weighted by Crippen LogP contribution is -2.38. The van der Waals surface area contributed by atoms with Crippen LogP contribution in [0.2, 0.25) is 0 Å². The molecule has 1 amide bonds. The number of nitrogens with one attached hydrogen (secondary N) is 1. The van der Waals surface area contributed by atoms with E-state index in [4.69, 9.17) is 0 Å². The topological polar surface area (TPSA) is 52.6 Å². The zero-order valence-electron chi connectivity index (χ0n) is 14.5. The van der Waals surface area contributed by atoms with Gasteiger partial charge in [0.25, 0.3) is 5.91 Å². The number of carbonyl (C=O) groups is 1. The summed E-state index contributed by atoms with van der Waals surface area (Å²) in [7, 11) is 0. The third-order valence-electron chi connectivity index (χ3n) is 5.35. The Hall–Kier alpha value is -2.33. The molecule has 0 saturated carbocycles. The average Bonchev–Trinajstić information content (AvgIpc) is 3.24. The molecule has 25 heavy (non-hydrogen) atoms. The van der Waals surface area contributed by atoms with E-state index in [0.717, 1.165) is 35.5 Å². The Bertz CT molecular complexity index is 796. The summed E-state index contributed by atoms with van der Waals surface area (Å²) in [6.07, 6.45) is 2.38. The highest BCUT2D eigenvalue weighted by Crippen LogP contribution is 2.32. The second kappa shape index (κ2) is 6.52. The fourth-order valence-corrected chi connectivity index (χ4v) is 4.02. The second-order valence-corrected chi connectivity index (χ2v) is 7.14. The van der Waals surface area contributed by atoms with E-state index in [-0.39, 0.29) is 11.9 Å². The molecule has 4 heteroatoms. The van der Waals surface area contributed by atoms with Crippen LogP contribution in [0.15, 0.2) is 42.5 Å². The van der Waals surface area contributed by atoms with Gasteiger partial charge in [0, 0.05) is 18.8 Å². The molecule has 130 valence electrons. The zero-order valence-corrected chi connectivity index (χ0v) is 14.5. The first-order valence-electron chi connectivity index (χ1n) is 9.06. The minimum atomic E-state index is -0.639. The van der Waals surface area contributed by atoms with Gasteiger partial charge in [-0.2, -0.15) is 0 Å². The van der Waals surface area contributed by atoms with Gasteiger partial charge >= 0.3 is 0 Å². The first kappa shape index (κ1) is 16.2. The minimum absolute atomic E-state index is 0.0949. The summed E-state index contributed by atoms with van der Waals surface area (Å²) < 4.78 is 0. The average molecular weight is 336 g/mol. The Labute approximate surface area is 148 Å². The Morgan fingerprint density at radius 3 is 2.68 bits per heavy atom. The highest BCUT2D eigenvalue weighted by Gasteiger charge is 2.32. The van der Waals surface area contributed by atoms with E-state index in [1.165, 1.54) is 12.8 Å². The summed E-state index contributed by atoms with van der Waals surface area (Å²) in [6.45, 7) is 4.01. The lowest BCUT2D eigenvalue weighted by molar-refractivity contribution is 0.0859. The lowest BCUT2D eigenvalue weighted by atomic mass is 10.1. The van der Waals surface area contributed by atoms with Crippen LogP contribution >= 0.6 is 0 Å². The van der Waals surface area contributed by atoms with Crippen molar-refractivity contribution >= 4 is 11.6 Å². The zero-order chi connectivity index (χ0) is 17.4. The van der Waals surface area contributed by atoms with Crippen LogP contribution in [0.1, 0.15) is 46.0 Å². The molecular weight excluding hydrogens is 312 g/mol. The van der Waals surface area contributed by atoms with Crippen molar-refractivity contribution < 1.29 is 9.90 Å². The Kier molecular flexibility index (Phi) is 4.22. The van der Waals surface area contributed by atoms with Crippen molar-refractivity contribution in [2.45, 2.75) is 38.3 Å². The van der Waals surface area contributed by atoms with Crippen molar-refractivity contribution in [1.82, 2.24) is 5.32 Å². The van der Waals surface area contributed by atoms with Crippen molar-refractivity contribution in [3.8, 4) is 0 Å². The Morgan fingerprint density at radius 1 is 1.16 bits per heavy atom. The fraction of sp³-hybridized carbons (Fsp3) is 0.381. The number of carbonyl (C=O) groups excluding carboxylic acids is 1. The predicted octanol–water partition coefficient (Wildman–Crippen LogP) is 2.98. The number of aliphatic hydroxyl groups excluding tert-OH is 1. The molecule has 1 heterocycles. The smallest absolute Gasteiger partial charge is 0.253 e. The van der Waals surface area contributed by atoms with Crippen LogP contribution in [0, 0.1) is 6.92 Å². The van der Waals surface area contributed by atoms with Crippen LogP contribution in [0.5, 0.6) is 0 Å².